The van der Waals surface area contributed by atoms with Crippen LogP contribution in [0, 0.1) is 6.92 Å². The Morgan fingerprint density at radius 2 is 2.05 bits per heavy atom. The molecule has 0 aromatic carbocycles. The average molecular weight is 262 g/mol. The van der Waals surface area contributed by atoms with Crippen LogP contribution in [0.2, 0.25) is 0 Å². The molecule has 0 bridgehead atoms. The van der Waals surface area contributed by atoms with E-state index in [1.807, 2.05) is 19.9 Å². The van der Waals surface area contributed by atoms with Gasteiger partial charge in [0.15, 0.2) is 0 Å². The zero-order chi connectivity index (χ0) is 13.8. The van der Waals surface area contributed by atoms with Crippen molar-refractivity contribution in [1.82, 2.24) is 9.97 Å². The van der Waals surface area contributed by atoms with Crippen molar-refractivity contribution >= 4 is 5.97 Å². The van der Waals surface area contributed by atoms with Gasteiger partial charge in [0.1, 0.15) is 11.7 Å². The van der Waals surface area contributed by atoms with Crippen molar-refractivity contribution in [2.24, 2.45) is 0 Å². The fourth-order valence-corrected chi connectivity index (χ4v) is 2.85. The molecule has 1 unspecified atom stereocenters. The van der Waals surface area contributed by atoms with Gasteiger partial charge in [0.25, 0.3) is 0 Å². The van der Waals surface area contributed by atoms with Crippen molar-refractivity contribution in [2.75, 3.05) is 0 Å². The first-order chi connectivity index (χ1) is 9.11. The highest BCUT2D eigenvalue weighted by molar-refractivity contribution is 5.74. The smallest absolute Gasteiger partial charge is 0.314 e. The Morgan fingerprint density at radius 3 is 2.63 bits per heavy atom. The molecule has 1 heterocycles. The zero-order valence-electron chi connectivity index (χ0n) is 11.7. The molecule has 1 aliphatic rings. The van der Waals surface area contributed by atoms with Crippen LogP contribution in [0.3, 0.4) is 0 Å². The van der Waals surface area contributed by atoms with E-state index in [-0.39, 0.29) is 0 Å². The Labute approximate surface area is 114 Å². The number of carboxylic acid groups (broad SMARTS) is 1. The van der Waals surface area contributed by atoms with E-state index in [0.717, 1.165) is 11.4 Å². The molecule has 19 heavy (non-hydrogen) atoms. The summed E-state index contributed by atoms with van der Waals surface area (Å²) in [6.07, 6.45) is 6.67. The summed E-state index contributed by atoms with van der Waals surface area (Å²) < 4.78 is 0. The van der Waals surface area contributed by atoms with Crippen LogP contribution in [-0.2, 0) is 4.79 Å². The highest BCUT2D eigenvalue weighted by Crippen LogP contribution is 2.32. The summed E-state index contributed by atoms with van der Waals surface area (Å²) in [5, 5.41) is 9.24. The first-order valence-electron chi connectivity index (χ1n) is 7.20. The summed E-state index contributed by atoms with van der Waals surface area (Å²) in [5.41, 5.74) is 1.92. The van der Waals surface area contributed by atoms with Gasteiger partial charge in [-0.1, -0.05) is 26.2 Å². The number of carboxylic acids is 1. The van der Waals surface area contributed by atoms with Gasteiger partial charge in [-0.05, 0) is 32.3 Å². The van der Waals surface area contributed by atoms with E-state index in [1.165, 1.54) is 32.1 Å². The number of rotatable bonds is 4. The summed E-state index contributed by atoms with van der Waals surface area (Å²) in [7, 11) is 0. The molecule has 104 valence electrons. The van der Waals surface area contributed by atoms with Crippen LogP contribution in [0.25, 0.3) is 0 Å². The van der Waals surface area contributed by atoms with Gasteiger partial charge in [0.2, 0.25) is 0 Å². The van der Waals surface area contributed by atoms with E-state index >= 15 is 0 Å². The van der Waals surface area contributed by atoms with Crippen LogP contribution in [0.15, 0.2) is 6.07 Å². The average Bonchev–Trinajstić information content (AvgIpc) is 2.39. The van der Waals surface area contributed by atoms with E-state index in [4.69, 9.17) is 0 Å². The third kappa shape index (κ3) is 3.31. The van der Waals surface area contributed by atoms with E-state index in [1.54, 1.807) is 0 Å². The predicted octanol–water partition coefficient (Wildman–Crippen LogP) is 3.41. The Kier molecular flexibility index (Phi) is 4.51. The van der Waals surface area contributed by atoms with Gasteiger partial charge in [-0.25, -0.2) is 9.97 Å². The third-order valence-electron chi connectivity index (χ3n) is 3.93. The minimum absolute atomic E-state index is 0.482. The number of aryl methyl sites for hydroxylation is 1. The molecule has 4 heteroatoms. The number of hydrogen-bond donors (Lipinski definition) is 1. The minimum Gasteiger partial charge on any atom is -0.481 e. The van der Waals surface area contributed by atoms with Crippen molar-refractivity contribution in [3.8, 4) is 0 Å². The molecule has 1 fully saturated rings. The van der Waals surface area contributed by atoms with E-state index in [2.05, 4.69) is 9.97 Å². The molecule has 2 rings (SSSR count). The Morgan fingerprint density at radius 1 is 1.37 bits per heavy atom. The lowest BCUT2D eigenvalue weighted by Gasteiger charge is -2.22. The fourth-order valence-electron chi connectivity index (χ4n) is 2.85. The van der Waals surface area contributed by atoms with Gasteiger partial charge in [0.05, 0.1) is 0 Å². The van der Waals surface area contributed by atoms with Crippen LogP contribution in [0.5, 0.6) is 0 Å². The summed E-state index contributed by atoms with van der Waals surface area (Å²) in [5.74, 6) is -0.444. The molecular weight excluding hydrogens is 240 g/mol. The molecule has 1 aromatic rings. The maximum absolute atomic E-state index is 11.2. The number of hydrogen-bond acceptors (Lipinski definition) is 3. The molecule has 0 radical (unpaired) electrons. The number of aliphatic carboxylic acids is 1. The highest BCUT2D eigenvalue weighted by atomic mass is 16.4. The van der Waals surface area contributed by atoms with E-state index < -0.39 is 11.9 Å². The zero-order valence-corrected chi connectivity index (χ0v) is 11.7. The third-order valence-corrected chi connectivity index (χ3v) is 3.93. The van der Waals surface area contributed by atoms with Gasteiger partial charge in [-0.2, -0.15) is 0 Å². The first kappa shape index (κ1) is 14.0. The van der Waals surface area contributed by atoms with Gasteiger partial charge < -0.3 is 5.11 Å². The van der Waals surface area contributed by atoms with Crippen molar-refractivity contribution < 1.29 is 9.90 Å². The second kappa shape index (κ2) is 6.13. The normalized spacial score (nSPS) is 18.2. The van der Waals surface area contributed by atoms with Gasteiger partial charge in [0, 0.05) is 17.3 Å². The molecule has 1 N–H and O–H groups in total. The maximum atomic E-state index is 11.2. The molecule has 1 atom stereocenters. The van der Waals surface area contributed by atoms with E-state index in [0.29, 0.717) is 18.2 Å². The molecule has 4 nitrogen and oxygen atoms in total. The van der Waals surface area contributed by atoms with Crippen LogP contribution in [0.4, 0.5) is 0 Å². The van der Waals surface area contributed by atoms with Gasteiger partial charge >= 0.3 is 5.97 Å². The topological polar surface area (TPSA) is 63.1 Å². The first-order valence-corrected chi connectivity index (χ1v) is 7.20. The largest absolute Gasteiger partial charge is 0.481 e. The SMILES string of the molecule is CCC(C(=O)O)c1nc(C)cc(C2CCCCC2)n1. The molecule has 1 aromatic heterocycles. The Bertz CT molecular complexity index is 453. The maximum Gasteiger partial charge on any atom is 0.314 e. The number of aromatic nitrogens is 2. The van der Waals surface area contributed by atoms with Gasteiger partial charge in [-0.3, -0.25) is 4.79 Å². The van der Waals surface area contributed by atoms with Crippen molar-refractivity contribution in [2.45, 2.75) is 64.2 Å². The monoisotopic (exact) mass is 262 g/mol. The predicted molar refractivity (Wildman–Crippen MR) is 73.3 cm³/mol. The second-order valence-corrected chi connectivity index (χ2v) is 5.43. The minimum atomic E-state index is -0.831. The van der Waals surface area contributed by atoms with Crippen molar-refractivity contribution in [3.63, 3.8) is 0 Å². The quantitative estimate of drug-likeness (QED) is 0.903. The summed E-state index contributed by atoms with van der Waals surface area (Å²) >= 11 is 0. The molecule has 1 saturated carbocycles. The van der Waals surface area contributed by atoms with Crippen LogP contribution in [-0.4, -0.2) is 21.0 Å². The Balaban J connectivity index is 2.30. The summed E-state index contributed by atoms with van der Waals surface area (Å²) in [6.45, 7) is 3.79. The number of nitrogens with zero attached hydrogens (tertiary/aromatic N) is 2. The molecule has 0 saturated heterocycles. The molecule has 0 spiro atoms. The van der Waals surface area contributed by atoms with E-state index in [9.17, 15) is 9.90 Å². The highest BCUT2D eigenvalue weighted by Gasteiger charge is 2.24. The second-order valence-electron chi connectivity index (χ2n) is 5.43. The summed E-state index contributed by atoms with van der Waals surface area (Å²) in [6, 6.07) is 2.02. The molecule has 1 aliphatic carbocycles. The summed E-state index contributed by atoms with van der Waals surface area (Å²) in [4.78, 5) is 20.1. The Hall–Kier alpha value is -1.45. The molecular formula is C15H22N2O2. The van der Waals surface area contributed by atoms with Crippen LogP contribution in [0.1, 0.15) is 74.5 Å². The fraction of sp³-hybridized carbons (Fsp3) is 0.667. The van der Waals surface area contributed by atoms with Crippen molar-refractivity contribution in [1.29, 1.82) is 0 Å². The standard InChI is InChI=1S/C15H22N2O2/c1-3-12(15(18)19)14-16-10(2)9-13(17-14)11-7-5-4-6-8-11/h9,11-12H,3-8H2,1-2H3,(H,18,19). The molecule has 0 amide bonds. The lowest BCUT2D eigenvalue weighted by atomic mass is 9.86. The van der Waals surface area contributed by atoms with Gasteiger partial charge in [-0.15, -0.1) is 0 Å². The van der Waals surface area contributed by atoms with Crippen molar-refractivity contribution in [3.05, 3.63) is 23.3 Å². The lowest BCUT2D eigenvalue weighted by molar-refractivity contribution is -0.139. The van der Waals surface area contributed by atoms with Crippen LogP contribution < -0.4 is 0 Å². The number of carbonyl (C=O) groups is 1. The van der Waals surface area contributed by atoms with Crippen LogP contribution >= 0.6 is 0 Å². The molecule has 0 aliphatic heterocycles. The lowest BCUT2D eigenvalue weighted by Crippen LogP contribution is -2.17.